The molecule has 1 aromatic carbocycles. The Bertz CT molecular complexity index is 685. The highest BCUT2D eigenvalue weighted by molar-refractivity contribution is 9.10. The summed E-state index contributed by atoms with van der Waals surface area (Å²) in [6.45, 7) is 6.05. The number of benzene rings is 1. The van der Waals surface area contributed by atoms with Gasteiger partial charge in [-0.25, -0.2) is 4.79 Å². The Morgan fingerprint density at radius 2 is 2.13 bits per heavy atom. The summed E-state index contributed by atoms with van der Waals surface area (Å²) in [5, 5.41) is 2.55. The molecule has 0 radical (unpaired) electrons. The number of nitrogens with zero attached hydrogens (tertiary/aromatic N) is 1. The maximum atomic E-state index is 12.2. The van der Waals surface area contributed by atoms with Crippen molar-refractivity contribution in [3.8, 4) is 11.5 Å². The fraction of sp³-hybridized carbons (Fsp3) is 0.250. The highest BCUT2D eigenvalue weighted by atomic mass is 79.9. The van der Waals surface area contributed by atoms with Gasteiger partial charge in [-0.2, -0.15) is 0 Å². The van der Waals surface area contributed by atoms with Gasteiger partial charge < -0.3 is 14.8 Å². The van der Waals surface area contributed by atoms with Crippen LogP contribution in [0.25, 0.3) is 6.08 Å². The summed E-state index contributed by atoms with van der Waals surface area (Å²) in [4.78, 5) is 25.0. The molecule has 0 unspecified atom stereocenters. The minimum absolute atomic E-state index is 0.165. The van der Waals surface area contributed by atoms with Gasteiger partial charge in [-0.05, 0) is 46.6 Å². The zero-order valence-electron chi connectivity index (χ0n) is 12.9. The van der Waals surface area contributed by atoms with Gasteiger partial charge in [-0.3, -0.25) is 9.69 Å². The summed E-state index contributed by atoms with van der Waals surface area (Å²) < 4.78 is 11.5. The number of hydrogen-bond donors (Lipinski definition) is 1. The average Bonchev–Trinajstić information content (AvgIpc) is 2.75. The first-order valence-corrected chi connectivity index (χ1v) is 7.76. The van der Waals surface area contributed by atoms with E-state index in [1.807, 2.05) is 6.92 Å². The predicted octanol–water partition coefficient (Wildman–Crippen LogP) is 2.94. The molecule has 0 spiro atoms. The molecule has 23 heavy (non-hydrogen) atoms. The van der Waals surface area contributed by atoms with Crippen molar-refractivity contribution in [2.24, 2.45) is 0 Å². The molecule has 122 valence electrons. The van der Waals surface area contributed by atoms with E-state index in [0.29, 0.717) is 28.1 Å². The minimum Gasteiger partial charge on any atom is -0.492 e. The molecule has 0 saturated carbocycles. The fourth-order valence-electron chi connectivity index (χ4n) is 2.17. The lowest BCUT2D eigenvalue weighted by Gasteiger charge is -2.12. The average molecular weight is 381 g/mol. The number of amides is 3. The van der Waals surface area contributed by atoms with Crippen LogP contribution >= 0.6 is 15.9 Å². The highest BCUT2D eigenvalue weighted by Crippen LogP contribution is 2.37. The van der Waals surface area contributed by atoms with Crippen LogP contribution in [0.15, 0.2) is 35.0 Å². The molecular formula is C16H17BrN2O4. The summed E-state index contributed by atoms with van der Waals surface area (Å²) in [7, 11) is 1.55. The lowest BCUT2D eigenvalue weighted by Crippen LogP contribution is -2.30. The second-order valence-corrected chi connectivity index (χ2v) is 5.51. The molecule has 2 rings (SSSR count). The van der Waals surface area contributed by atoms with E-state index in [4.69, 9.17) is 9.47 Å². The third-order valence-electron chi connectivity index (χ3n) is 3.12. The third-order valence-corrected chi connectivity index (χ3v) is 3.71. The summed E-state index contributed by atoms with van der Waals surface area (Å²) in [5.41, 5.74) is 0.904. The van der Waals surface area contributed by atoms with E-state index in [-0.39, 0.29) is 18.1 Å². The Kier molecular flexibility index (Phi) is 5.44. The van der Waals surface area contributed by atoms with Crippen molar-refractivity contribution in [3.05, 3.63) is 40.5 Å². The summed E-state index contributed by atoms with van der Waals surface area (Å²) in [5.74, 6) is 0.736. The van der Waals surface area contributed by atoms with E-state index in [0.717, 1.165) is 4.90 Å². The first-order valence-electron chi connectivity index (χ1n) is 6.97. The molecule has 3 amide bonds. The SMILES string of the molecule is C=CCN1C(=O)NC(=Cc2cc(Br)c(OC)c(OCC)c2)C1=O. The van der Waals surface area contributed by atoms with Crippen LogP contribution in [0.3, 0.4) is 0 Å². The molecule has 1 aliphatic rings. The van der Waals surface area contributed by atoms with Gasteiger partial charge in [0, 0.05) is 6.54 Å². The van der Waals surface area contributed by atoms with E-state index in [1.165, 1.54) is 6.08 Å². The second kappa shape index (κ2) is 7.32. The molecule has 1 saturated heterocycles. The molecule has 1 heterocycles. The van der Waals surface area contributed by atoms with Crippen molar-refractivity contribution in [2.75, 3.05) is 20.3 Å². The normalized spacial score (nSPS) is 15.8. The third kappa shape index (κ3) is 3.56. The topological polar surface area (TPSA) is 67.9 Å². The van der Waals surface area contributed by atoms with Crippen LogP contribution in [-0.2, 0) is 4.79 Å². The molecule has 7 heteroatoms. The van der Waals surface area contributed by atoms with Crippen LogP contribution in [0.4, 0.5) is 4.79 Å². The van der Waals surface area contributed by atoms with E-state index in [1.54, 1.807) is 25.3 Å². The summed E-state index contributed by atoms with van der Waals surface area (Å²) in [6, 6.07) is 3.07. The number of rotatable bonds is 6. The minimum atomic E-state index is -0.459. The van der Waals surface area contributed by atoms with Crippen molar-refractivity contribution in [2.45, 2.75) is 6.92 Å². The van der Waals surface area contributed by atoms with Crippen LogP contribution in [0.5, 0.6) is 11.5 Å². The van der Waals surface area contributed by atoms with Gasteiger partial charge in [0.1, 0.15) is 5.70 Å². The number of halogens is 1. The van der Waals surface area contributed by atoms with Crippen LogP contribution in [0.2, 0.25) is 0 Å². The Morgan fingerprint density at radius 1 is 1.39 bits per heavy atom. The molecule has 1 N–H and O–H groups in total. The fourth-order valence-corrected chi connectivity index (χ4v) is 2.79. The molecular weight excluding hydrogens is 364 g/mol. The molecule has 1 aliphatic heterocycles. The number of nitrogens with one attached hydrogen (secondary N) is 1. The molecule has 0 atom stereocenters. The Hall–Kier alpha value is -2.28. The number of methoxy groups -OCH3 is 1. The maximum absolute atomic E-state index is 12.2. The van der Waals surface area contributed by atoms with Gasteiger partial charge in [0.15, 0.2) is 11.5 Å². The van der Waals surface area contributed by atoms with Crippen molar-refractivity contribution < 1.29 is 19.1 Å². The van der Waals surface area contributed by atoms with Crippen LogP contribution in [-0.4, -0.2) is 37.1 Å². The Balaban J connectivity index is 2.38. The van der Waals surface area contributed by atoms with Crippen molar-refractivity contribution >= 4 is 33.9 Å². The number of carbonyl (C=O) groups excluding carboxylic acids is 2. The van der Waals surface area contributed by atoms with Gasteiger partial charge in [-0.1, -0.05) is 6.08 Å². The highest BCUT2D eigenvalue weighted by Gasteiger charge is 2.32. The van der Waals surface area contributed by atoms with Gasteiger partial charge in [-0.15, -0.1) is 6.58 Å². The number of ether oxygens (including phenoxy) is 2. The van der Waals surface area contributed by atoms with Crippen LogP contribution < -0.4 is 14.8 Å². The van der Waals surface area contributed by atoms with E-state index in [9.17, 15) is 9.59 Å². The zero-order valence-corrected chi connectivity index (χ0v) is 14.5. The lowest BCUT2D eigenvalue weighted by atomic mass is 10.1. The monoisotopic (exact) mass is 380 g/mol. The van der Waals surface area contributed by atoms with E-state index >= 15 is 0 Å². The number of imide groups is 1. The molecule has 0 aromatic heterocycles. The standard InChI is InChI=1S/C16H17BrN2O4/c1-4-6-19-15(20)12(18-16(19)21)8-10-7-11(17)14(22-3)13(9-10)23-5-2/h4,7-9H,1,5-6H2,2-3H3,(H,18,21). The number of hydrogen-bond acceptors (Lipinski definition) is 4. The largest absolute Gasteiger partial charge is 0.492 e. The van der Waals surface area contributed by atoms with Crippen LogP contribution in [0, 0.1) is 0 Å². The quantitative estimate of drug-likeness (QED) is 0.468. The van der Waals surface area contributed by atoms with Gasteiger partial charge in [0.05, 0.1) is 18.2 Å². The van der Waals surface area contributed by atoms with Gasteiger partial charge in [0.25, 0.3) is 5.91 Å². The summed E-state index contributed by atoms with van der Waals surface area (Å²) in [6.07, 6.45) is 3.09. The Morgan fingerprint density at radius 3 is 2.74 bits per heavy atom. The Labute approximate surface area is 142 Å². The first kappa shape index (κ1) is 17.1. The molecule has 0 bridgehead atoms. The number of urea groups is 1. The molecule has 1 aromatic rings. The molecule has 0 aliphatic carbocycles. The zero-order chi connectivity index (χ0) is 17.0. The van der Waals surface area contributed by atoms with E-state index in [2.05, 4.69) is 27.8 Å². The first-order chi connectivity index (χ1) is 11.0. The predicted molar refractivity (Wildman–Crippen MR) is 90.3 cm³/mol. The van der Waals surface area contributed by atoms with Crippen molar-refractivity contribution in [1.82, 2.24) is 10.2 Å². The molecule has 1 fully saturated rings. The summed E-state index contributed by atoms with van der Waals surface area (Å²) >= 11 is 3.41. The van der Waals surface area contributed by atoms with E-state index < -0.39 is 6.03 Å². The number of carbonyl (C=O) groups is 2. The van der Waals surface area contributed by atoms with Crippen molar-refractivity contribution in [3.63, 3.8) is 0 Å². The lowest BCUT2D eigenvalue weighted by molar-refractivity contribution is -0.122. The maximum Gasteiger partial charge on any atom is 0.329 e. The smallest absolute Gasteiger partial charge is 0.329 e. The van der Waals surface area contributed by atoms with Gasteiger partial charge >= 0.3 is 6.03 Å². The van der Waals surface area contributed by atoms with Crippen LogP contribution in [0.1, 0.15) is 12.5 Å². The van der Waals surface area contributed by atoms with Gasteiger partial charge in [0.2, 0.25) is 0 Å². The van der Waals surface area contributed by atoms with Crippen molar-refractivity contribution in [1.29, 1.82) is 0 Å². The molecule has 6 nitrogen and oxygen atoms in total. The second-order valence-electron chi connectivity index (χ2n) is 4.66.